The Morgan fingerprint density at radius 1 is 0.958 bits per heavy atom. The van der Waals surface area contributed by atoms with E-state index >= 15 is 0 Å². The average molecular weight is 316 g/mol. The van der Waals surface area contributed by atoms with Crippen LogP contribution in [0.5, 0.6) is 0 Å². The van der Waals surface area contributed by atoms with Gasteiger partial charge in [0.25, 0.3) is 0 Å². The molecule has 1 heterocycles. The van der Waals surface area contributed by atoms with Crippen LogP contribution in [0.15, 0.2) is 66.7 Å². The van der Waals surface area contributed by atoms with Crippen molar-refractivity contribution in [1.82, 2.24) is 5.32 Å². The molecule has 24 heavy (non-hydrogen) atoms. The van der Waals surface area contributed by atoms with Gasteiger partial charge in [0.15, 0.2) is 0 Å². The molecule has 3 aromatic rings. The standard InChI is InChI=1S/C22H24N2/c1-17-8-10-18(11-9-17)16-23-22-7-4-14-24(22)21-13-12-19-5-2-3-6-20(19)15-21/h2-3,5-6,8-13,15,22-23H,4,7,14,16H2,1H3. The lowest BCUT2D eigenvalue weighted by Gasteiger charge is -2.28. The van der Waals surface area contributed by atoms with Gasteiger partial charge in [-0.3, -0.25) is 5.32 Å². The van der Waals surface area contributed by atoms with Crippen LogP contribution in [-0.2, 0) is 6.54 Å². The number of benzene rings is 3. The first-order valence-corrected chi connectivity index (χ1v) is 8.84. The minimum absolute atomic E-state index is 0.424. The fourth-order valence-corrected chi connectivity index (χ4v) is 3.58. The highest BCUT2D eigenvalue weighted by atomic mass is 15.3. The van der Waals surface area contributed by atoms with E-state index in [0.29, 0.717) is 6.17 Å². The van der Waals surface area contributed by atoms with Gasteiger partial charge < -0.3 is 4.90 Å². The largest absolute Gasteiger partial charge is 0.356 e. The van der Waals surface area contributed by atoms with Crippen molar-refractivity contribution in [3.05, 3.63) is 77.9 Å². The van der Waals surface area contributed by atoms with Gasteiger partial charge in [0.1, 0.15) is 0 Å². The molecular formula is C22H24N2. The van der Waals surface area contributed by atoms with Crippen LogP contribution in [0.3, 0.4) is 0 Å². The lowest BCUT2D eigenvalue weighted by atomic mass is 10.1. The van der Waals surface area contributed by atoms with Crippen LogP contribution in [0.4, 0.5) is 5.69 Å². The number of anilines is 1. The van der Waals surface area contributed by atoms with Crippen molar-refractivity contribution < 1.29 is 0 Å². The van der Waals surface area contributed by atoms with Gasteiger partial charge >= 0.3 is 0 Å². The van der Waals surface area contributed by atoms with Crippen molar-refractivity contribution >= 4 is 16.5 Å². The summed E-state index contributed by atoms with van der Waals surface area (Å²) in [7, 11) is 0. The van der Waals surface area contributed by atoms with Gasteiger partial charge in [0, 0.05) is 18.8 Å². The molecule has 1 aliphatic heterocycles. The molecule has 122 valence electrons. The summed E-state index contributed by atoms with van der Waals surface area (Å²) in [6.45, 7) is 4.19. The van der Waals surface area contributed by atoms with Crippen LogP contribution >= 0.6 is 0 Å². The number of nitrogens with zero attached hydrogens (tertiary/aromatic N) is 1. The molecule has 2 heteroatoms. The SMILES string of the molecule is Cc1ccc(CNC2CCCN2c2ccc3ccccc3c2)cc1. The highest BCUT2D eigenvalue weighted by molar-refractivity contribution is 5.85. The first kappa shape index (κ1) is 15.2. The van der Waals surface area contributed by atoms with Crippen LogP contribution < -0.4 is 10.2 Å². The summed E-state index contributed by atoms with van der Waals surface area (Å²) in [6.07, 6.45) is 2.88. The van der Waals surface area contributed by atoms with Crippen LogP contribution in [-0.4, -0.2) is 12.7 Å². The van der Waals surface area contributed by atoms with E-state index in [9.17, 15) is 0 Å². The van der Waals surface area contributed by atoms with Crippen molar-refractivity contribution in [2.75, 3.05) is 11.4 Å². The molecular weight excluding hydrogens is 292 g/mol. The topological polar surface area (TPSA) is 15.3 Å². The van der Waals surface area contributed by atoms with E-state index in [0.717, 1.165) is 13.1 Å². The first-order valence-electron chi connectivity index (χ1n) is 8.84. The van der Waals surface area contributed by atoms with Crippen LogP contribution in [0.25, 0.3) is 10.8 Å². The van der Waals surface area contributed by atoms with Crippen LogP contribution in [0, 0.1) is 6.92 Å². The number of nitrogens with one attached hydrogen (secondary N) is 1. The Labute approximate surface area is 144 Å². The van der Waals surface area contributed by atoms with E-state index in [4.69, 9.17) is 0 Å². The molecule has 2 nitrogen and oxygen atoms in total. The summed E-state index contributed by atoms with van der Waals surface area (Å²) in [5, 5.41) is 6.37. The molecule has 1 unspecified atom stereocenters. The summed E-state index contributed by atoms with van der Waals surface area (Å²) < 4.78 is 0. The van der Waals surface area contributed by atoms with Crippen molar-refractivity contribution in [3.8, 4) is 0 Å². The first-order chi connectivity index (χ1) is 11.8. The maximum Gasteiger partial charge on any atom is 0.0799 e. The molecule has 4 rings (SSSR count). The van der Waals surface area contributed by atoms with E-state index in [1.54, 1.807) is 0 Å². The molecule has 0 amide bonds. The lowest BCUT2D eigenvalue weighted by Crippen LogP contribution is -2.40. The Morgan fingerprint density at radius 3 is 2.58 bits per heavy atom. The van der Waals surface area contributed by atoms with Crippen molar-refractivity contribution in [1.29, 1.82) is 0 Å². The molecule has 1 fully saturated rings. The number of aryl methyl sites for hydroxylation is 1. The van der Waals surface area contributed by atoms with Crippen molar-refractivity contribution in [2.45, 2.75) is 32.5 Å². The van der Waals surface area contributed by atoms with Crippen LogP contribution in [0.2, 0.25) is 0 Å². The molecule has 0 aliphatic carbocycles. The number of rotatable bonds is 4. The van der Waals surface area contributed by atoms with E-state index in [2.05, 4.69) is 83.9 Å². The lowest BCUT2D eigenvalue weighted by molar-refractivity contribution is 0.525. The van der Waals surface area contributed by atoms with Crippen molar-refractivity contribution in [3.63, 3.8) is 0 Å². The highest BCUT2D eigenvalue weighted by Gasteiger charge is 2.24. The summed E-state index contributed by atoms with van der Waals surface area (Å²) in [5.74, 6) is 0. The molecule has 0 spiro atoms. The Morgan fingerprint density at radius 2 is 1.75 bits per heavy atom. The third-order valence-electron chi connectivity index (χ3n) is 4.98. The normalized spacial score (nSPS) is 17.5. The third kappa shape index (κ3) is 3.15. The Bertz CT molecular complexity index is 823. The van der Waals surface area contributed by atoms with Gasteiger partial charge in [-0.1, -0.05) is 60.2 Å². The summed E-state index contributed by atoms with van der Waals surface area (Å²) in [4.78, 5) is 2.51. The smallest absolute Gasteiger partial charge is 0.0799 e. The fourth-order valence-electron chi connectivity index (χ4n) is 3.58. The highest BCUT2D eigenvalue weighted by Crippen LogP contribution is 2.27. The average Bonchev–Trinajstić information content (AvgIpc) is 3.09. The van der Waals surface area contributed by atoms with Gasteiger partial charge in [0.2, 0.25) is 0 Å². The maximum atomic E-state index is 3.74. The Balaban J connectivity index is 1.50. The Kier molecular flexibility index (Phi) is 4.22. The number of hydrogen-bond acceptors (Lipinski definition) is 2. The zero-order chi connectivity index (χ0) is 16.4. The molecule has 0 bridgehead atoms. The predicted molar refractivity (Wildman–Crippen MR) is 102 cm³/mol. The third-order valence-corrected chi connectivity index (χ3v) is 4.98. The van der Waals surface area contributed by atoms with Gasteiger partial charge in [-0.25, -0.2) is 0 Å². The van der Waals surface area contributed by atoms with Crippen LogP contribution in [0.1, 0.15) is 24.0 Å². The monoisotopic (exact) mass is 316 g/mol. The molecule has 1 N–H and O–H groups in total. The Hall–Kier alpha value is -2.32. The summed E-state index contributed by atoms with van der Waals surface area (Å²) >= 11 is 0. The molecule has 3 aromatic carbocycles. The van der Waals surface area contributed by atoms with Gasteiger partial charge in [0.05, 0.1) is 6.17 Å². The van der Waals surface area contributed by atoms with Gasteiger partial charge in [-0.15, -0.1) is 0 Å². The maximum absolute atomic E-state index is 3.74. The molecule has 1 atom stereocenters. The molecule has 0 aromatic heterocycles. The van der Waals surface area contributed by atoms with E-state index < -0.39 is 0 Å². The predicted octanol–water partition coefficient (Wildman–Crippen LogP) is 4.86. The molecule has 0 saturated carbocycles. The van der Waals surface area contributed by atoms with Gasteiger partial charge in [-0.2, -0.15) is 0 Å². The fraction of sp³-hybridized carbons (Fsp3) is 0.273. The second-order valence-corrected chi connectivity index (χ2v) is 6.75. The van der Waals surface area contributed by atoms with Crippen molar-refractivity contribution in [2.24, 2.45) is 0 Å². The minimum atomic E-state index is 0.424. The van der Waals surface area contributed by atoms with E-state index in [1.165, 1.54) is 40.4 Å². The summed E-state index contributed by atoms with van der Waals surface area (Å²) in [5.41, 5.74) is 4.00. The quantitative estimate of drug-likeness (QED) is 0.739. The molecule has 0 radical (unpaired) electrons. The number of fused-ring (bicyclic) bond motifs is 1. The zero-order valence-electron chi connectivity index (χ0n) is 14.2. The van der Waals surface area contributed by atoms with E-state index in [-0.39, 0.29) is 0 Å². The second-order valence-electron chi connectivity index (χ2n) is 6.75. The second kappa shape index (κ2) is 6.66. The minimum Gasteiger partial charge on any atom is -0.356 e. The molecule has 1 saturated heterocycles. The summed E-state index contributed by atoms with van der Waals surface area (Å²) in [6, 6.07) is 24.2. The van der Waals surface area contributed by atoms with E-state index in [1.807, 2.05) is 0 Å². The van der Waals surface area contributed by atoms with Gasteiger partial charge in [-0.05, 0) is 48.2 Å². The zero-order valence-corrected chi connectivity index (χ0v) is 14.2. The number of hydrogen-bond donors (Lipinski definition) is 1. The molecule has 1 aliphatic rings.